The Labute approximate surface area is 235 Å². The summed E-state index contributed by atoms with van der Waals surface area (Å²) in [5.74, 6) is -1.39. The Morgan fingerprint density at radius 3 is 2.70 bits per heavy atom. The lowest BCUT2D eigenvalue weighted by molar-refractivity contribution is -0.172. The van der Waals surface area contributed by atoms with Crippen molar-refractivity contribution in [2.24, 2.45) is 0 Å². The van der Waals surface area contributed by atoms with Gasteiger partial charge < -0.3 is 24.8 Å². The molecule has 0 bridgehead atoms. The van der Waals surface area contributed by atoms with Crippen molar-refractivity contribution in [2.45, 2.75) is 77.2 Å². The summed E-state index contributed by atoms with van der Waals surface area (Å²) in [4.78, 5) is 43.9. The number of fused-ring (bicyclic) bond motifs is 5. The zero-order valence-electron chi connectivity index (χ0n) is 22.5. The van der Waals surface area contributed by atoms with Gasteiger partial charge in [0.05, 0.1) is 34.6 Å². The van der Waals surface area contributed by atoms with Crippen molar-refractivity contribution < 1.29 is 28.9 Å². The lowest BCUT2D eigenvalue weighted by atomic mass is 9.74. The van der Waals surface area contributed by atoms with Crippen LogP contribution in [0, 0.1) is 12.7 Å². The van der Waals surface area contributed by atoms with Crippen molar-refractivity contribution in [1.29, 1.82) is 0 Å². The first-order valence-corrected chi connectivity index (χ1v) is 13.3. The van der Waals surface area contributed by atoms with Crippen molar-refractivity contribution in [3.05, 3.63) is 61.7 Å². The number of hydrogen-bond donors (Lipinski definition) is 3. The number of nitrogens with zero attached hydrogens (tertiary/aromatic N) is 2. The van der Waals surface area contributed by atoms with Crippen LogP contribution >= 0.6 is 12.4 Å². The molecular formula is C29H31ClFN3O6. The van der Waals surface area contributed by atoms with E-state index in [0.717, 1.165) is 22.1 Å². The second-order valence-electron chi connectivity index (χ2n) is 11.0. The Hall–Kier alpha value is -3.34. The third kappa shape index (κ3) is 3.80. The highest BCUT2D eigenvalue weighted by Gasteiger charge is 2.46. The van der Waals surface area contributed by atoms with Crippen LogP contribution in [0.3, 0.4) is 0 Å². The molecule has 6 rings (SSSR count). The summed E-state index contributed by atoms with van der Waals surface area (Å²) in [5, 5.41) is 24.3. The number of aryl methyl sites for hydroxylation is 1. The topological polar surface area (TPSA) is 131 Å². The predicted molar refractivity (Wildman–Crippen MR) is 147 cm³/mol. The molecule has 3 aromatic rings. The van der Waals surface area contributed by atoms with Crippen LogP contribution in [0.25, 0.3) is 22.3 Å². The van der Waals surface area contributed by atoms with Crippen LogP contribution in [0.4, 0.5) is 4.39 Å². The van der Waals surface area contributed by atoms with Gasteiger partial charge in [0.15, 0.2) is 5.60 Å². The van der Waals surface area contributed by atoms with Gasteiger partial charge in [-0.2, -0.15) is 0 Å². The average molecular weight is 572 g/mol. The first kappa shape index (κ1) is 28.2. The zero-order chi connectivity index (χ0) is 27.9. The summed E-state index contributed by atoms with van der Waals surface area (Å²) in [6, 6.07) is 3.01. The summed E-state index contributed by atoms with van der Waals surface area (Å²) < 4.78 is 21.8. The Bertz CT molecular complexity index is 1670. The van der Waals surface area contributed by atoms with Gasteiger partial charge >= 0.3 is 5.97 Å². The number of halogens is 2. The number of pyridine rings is 2. The van der Waals surface area contributed by atoms with Gasteiger partial charge in [-0.1, -0.05) is 6.92 Å². The van der Waals surface area contributed by atoms with E-state index >= 15 is 4.39 Å². The summed E-state index contributed by atoms with van der Waals surface area (Å²) >= 11 is 0. The Kier molecular flexibility index (Phi) is 6.80. The number of hydrogen-bond acceptors (Lipinski definition) is 7. The van der Waals surface area contributed by atoms with Crippen LogP contribution in [-0.2, 0) is 45.0 Å². The number of carbonyl (C=O) groups excluding carboxylic acids is 2. The van der Waals surface area contributed by atoms with E-state index < -0.39 is 17.1 Å². The second-order valence-corrected chi connectivity index (χ2v) is 11.0. The minimum Gasteiger partial charge on any atom is -0.458 e. The number of esters is 1. The Balaban J connectivity index is 0.00000323. The van der Waals surface area contributed by atoms with Crippen LogP contribution in [0.5, 0.6) is 0 Å². The van der Waals surface area contributed by atoms with Gasteiger partial charge in [0.1, 0.15) is 12.4 Å². The minimum atomic E-state index is -1.96. The number of aliphatic hydroxyl groups is 2. The van der Waals surface area contributed by atoms with E-state index in [9.17, 15) is 24.6 Å². The molecule has 1 amide bonds. The van der Waals surface area contributed by atoms with Crippen LogP contribution < -0.4 is 10.9 Å². The van der Waals surface area contributed by atoms with Gasteiger partial charge in [0.2, 0.25) is 5.91 Å². The summed E-state index contributed by atoms with van der Waals surface area (Å²) in [6.45, 7) is 5.15. The molecule has 0 radical (unpaired) electrons. The van der Waals surface area contributed by atoms with Crippen molar-refractivity contribution in [1.82, 2.24) is 14.9 Å². The highest BCUT2D eigenvalue weighted by molar-refractivity contribution is 5.94. The van der Waals surface area contributed by atoms with Gasteiger partial charge in [-0.15, -0.1) is 12.4 Å². The number of carbonyl (C=O) groups is 2. The maximum absolute atomic E-state index is 15.0. The third-order valence-electron chi connectivity index (χ3n) is 8.71. The highest BCUT2D eigenvalue weighted by atomic mass is 35.5. The summed E-state index contributed by atoms with van der Waals surface area (Å²) in [5.41, 5.74) is 1.46. The summed E-state index contributed by atoms with van der Waals surface area (Å²) in [6.07, 6.45) is 1.57. The van der Waals surface area contributed by atoms with E-state index in [4.69, 9.17) is 9.72 Å². The van der Waals surface area contributed by atoms with E-state index in [1.54, 1.807) is 24.5 Å². The average Bonchev–Trinajstić information content (AvgIpc) is 3.27. The molecule has 0 fully saturated rings. The molecule has 0 unspecified atom stereocenters. The lowest BCUT2D eigenvalue weighted by Crippen LogP contribution is -2.46. The van der Waals surface area contributed by atoms with Gasteiger partial charge in [0.25, 0.3) is 5.56 Å². The number of aromatic nitrogens is 2. The van der Waals surface area contributed by atoms with Gasteiger partial charge in [0, 0.05) is 35.6 Å². The molecule has 0 spiro atoms. The minimum absolute atomic E-state index is 0. The number of amides is 1. The van der Waals surface area contributed by atoms with Crippen molar-refractivity contribution in [3.8, 4) is 11.4 Å². The van der Waals surface area contributed by atoms with Crippen LogP contribution in [-0.4, -0.2) is 38.2 Å². The van der Waals surface area contributed by atoms with Gasteiger partial charge in [-0.3, -0.25) is 9.59 Å². The normalized spacial score (nSPS) is 22.2. The molecule has 2 aromatic heterocycles. The molecule has 1 aliphatic carbocycles. The molecule has 0 saturated heterocycles. The number of nitrogens with one attached hydrogen (secondary N) is 1. The van der Waals surface area contributed by atoms with Gasteiger partial charge in [-0.25, -0.2) is 14.2 Å². The molecule has 11 heteroatoms. The van der Waals surface area contributed by atoms with E-state index in [1.807, 2.05) is 6.92 Å². The van der Waals surface area contributed by atoms with E-state index in [0.29, 0.717) is 41.7 Å². The monoisotopic (exact) mass is 571 g/mol. The van der Waals surface area contributed by atoms with Crippen molar-refractivity contribution >= 4 is 35.2 Å². The van der Waals surface area contributed by atoms with E-state index in [-0.39, 0.29) is 73.4 Å². The molecule has 0 saturated carbocycles. The van der Waals surface area contributed by atoms with Crippen molar-refractivity contribution in [2.75, 3.05) is 6.61 Å². The standard InChI is InChI=1S/C29H30FN3O6.ClH/c1-4-29(38)18-10-21-25-16(12-33(21)26(36)17(18)13-39-27(29)37)24-23-15(14(2)19(30)11-20(23)31-25)7-8-28(24,3)32-22(35)6-5-9-34;/h10-11,34,38H,4-9,12-13H2,1-3H3,(H,32,35);1H/t28-,29-;/m0./s1. The first-order valence-electron chi connectivity index (χ1n) is 13.3. The maximum Gasteiger partial charge on any atom is 0.343 e. The highest BCUT2D eigenvalue weighted by Crippen LogP contribution is 2.48. The number of aliphatic hydroxyl groups excluding tert-OH is 1. The number of rotatable bonds is 5. The fourth-order valence-corrected chi connectivity index (χ4v) is 6.54. The molecule has 3 aliphatic rings. The maximum atomic E-state index is 15.0. The smallest absolute Gasteiger partial charge is 0.343 e. The van der Waals surface area contributed by atoms with Crippen molar-refractivity contribution in [3.63, 3.8) is 0 Å². The van der Waals surface area contributed by atoms with E-state index in [2.05, 4.69) is 5.32 Å². The second kappa shape index (κ2) is 9.64. The number of benzene rings is 1. The molecule has 4 heterocycles. The zero-order valence-corrected chi connectivity index (χ0v) is 23.3. The first-order chi connectivity index (χ1) is 18.5. The SMILES string of the molecule is CC[C@@]1(O)C(=O)OCc2c1cc1n(c2=O)Cc2c-1nc1cc(F)c(C)c3c1c2[C@@](C)(NC(=O)CCCO)CC3.Cl. The van der Waals surface area contributed by atoms with Crippen LogP contribution in [0.2, 0.25) is 0 Å². The Morgan fingerprint density at radius 2 is 2.00 bits per heavy atom. The molecular weight excluding hydrogens is 541 g/mol. The predicted octanol–water partition coefficient (Wildman–Crippen LogP) is 3.00. The lowest BCUT2D eigenvalue weighted by Gasteiger charge is -2.38. The molecule has 212 valence electrons. The molecule has 2 atom stereocenters. The molecule has 9 nitrogen and oxygen atoms in total. The largest absolute Gasteiger partial charge is 0.458 e. The molecule has 40 heavy (non-hydrogen) atoms. The van der Waals surface area contributed by atoms with Crippen LogP contribution in [0.15, 0.2) is 16.9 Å². The molecule has 1 aromatic carbocycles. The molecule has 3 N–H and O–H groups in total. The van der Waals surface area contributed by atoms with Gasteiger partial charge in [-0.05, 0) is 62.3 Å². The Morgan fingerprint density at radius 1 is 1.25 bits per heavy atom. The summed E-state index contributed by atoms with van der Waals surface area (Å²) in [7, 11) is 0. The number of cyclic esters (lactones) is 1. The molecule has 2 aliphatic heterocycles. The van der Waals surface area contributed by atoms with Crippen LogP contribution in [0.1, 0.15) is 72.9 Å². The fraction of sp³-hybridized carbons (Fsp3) is 0.448. The third-order valence-corrected chi connectivity index (χ3v) is 8.71. The number of ether oxygens (including phenoxy) is 1. The fourth-order valence-electron chi connectivity index (χ4n) is 6.54. The van der Waals surface area contributed by atoms with E-state index in [1.165, 1.54) is 6.07 Å². The quantitative estimate of drug-likeness (QED) is 0.314.